The molecular weight excluding hydrogens is 148 g/mol. The van der Waals surface area contributed by atoms with Gasteiger partial charge in [0.25, 0.3) is 0 Å². The van der Waals surface area contributed by atoms with Gasteiger partial charge in [0, 0.05) is 0 Å². The number of hydrogen-bond donors (Lipinski definition) is 0. The Kier molecular flexibility index (Phi) is 4.37. The van der Waals surface area contributed by atoms with Gasteiger partial charge in [0.15, 0.2) is 0 Å². The molecule has 1 aliphatic carbocycles. The zero-order valence-corrected chi connectivity index (χ0v) is 8.31. The number of hydrogen-bond acceptors (Lipinski definition) is 1. The fourth-order valence-corrected chi connectivity index (χ4v) is 1.56. The molecule has 1 rings (SSSR count). The van der Waals surface area contributed by atoms with Crippen molar-refractivity contribution >= 4 is 0 Å². The van der Waals surface area contributed by atoms with Crippen molar-refractivity contribution in [2.75, 3.05) is 6.61 Å². The smallest absolute Gasteiger partial charge is 0.0519 e. The summed E-state index contributed by atoms with van der Waals surface area (Å²) >= 11 is 0. The van der Waals surface area contributed by atoms with E-state index in [0.717, 1.165) is 13.0 Å². The molecule has 0 N–H and O–H groups in total. The lowest BCUT2D eigenvalue weighted by Crippen LogP contribution is -2.05. The maximum Gasteiger partial charge on any atom is 0.0519 e. The lowest BCUT2D eigenvalue weighted by Gasteiger charge is -2.13. The van der Waals surface area contributed by atoms with E-state index in [2.05, 4.69) is 19.9 Å². The Hall–Kier alpha value is -0.300. The van der Waals surface area contributed by atoms with Crippen molar-refractivity contribution in [1.29, 1.82) is 0 Å². The van der Waals surface area contributed by atoms with Crippen molar-refractivity contribution in [3.63, 3.8) is 0 Å². The summed E-state index contributed by atoms with van der Waals surface area (Å²) in [5, 5.41) is 0. The number of rotatable bonds is 4. The second kappa shape index (κ2) is 5.36. The van der Waals surface area contributed by atoms with E-state index < -0.39 is 0 Å². The Morgan fingerprint density at radius 3 is 2.83 bits per heavy atom. The van der Waals surface area contributed by atoms with Gasteiger partial charge in [-0.2, -0.15) is 0 Å². The van der Waals surface area contributed by atoms with Crippen LogP contribution in [-0.2, 0) is 4.74 Å². The summed E-state index contributed by atoms with van der Waals surface area (Å²) in [6, 6.07) is 0. The molecule has 1 heteroatoms. The molecule has 0 amide bonds. The monoisotopic (exact) mass is 168 g/mol. The quantitative estimate of drug-likeness (QED) is 0.585. The molecule has 0 heterocycles. The molecule has 1 nitrogen and oxygen atoms in total. The van der Waals surface area contributed by atoms with Gasteiger partial charge in [-0.3, -0.25) is 0 Å². The summed E-state index contributed by atoms with van der Waals surface area (Å²) in [6.07, 6.45) is 9.29. The summed E-state index contributed by atoms with van der Waals surface area (Å²) in [6.45, 7) is 5.09. The first-order chi connectivity index (χ1) is 5.79. The van der Waals surface area contributed by atoms with Crippen LogP contribution in [0.5, 0.6) is 0 Å². The minimum Gasteiger partial charge on any atom is -0.378 e. The molecule has 0 bridgehead atoms. The molecule has 0 fully saturated rings. The van der Waals surface area contributed by atoms with E-state index in [1.807, 2.05) is 0 Å². The van der Waals surface area contributed by atoms with E-state index in [0.29, 0.717) is 6.10 Å². The predicted molar refractivity (Wildman–Crippen MR) is 52.3 cm³/mol. The Labute approximate surface area is 75.8 Å². The van der Waals surface area contributed by atoms with Gasteiger partial charge in [0.2, 0.25) is 0 Å². The minimum absolute atomic E-state index is 0.384. The zero-order chi connectivity index (χ0) is 8.81. The summed E-state index contributed by atoms with van der Waals surface area (Å²) < 4.78 is 5.50. The lowest BCUT2D eigenvalue weighted by molar-refractivity contribution is 0.0808. The maximum absolute atomic E-state index is 5.50. The van der Waals surface area contributed by atoms with Gasteiger partial charge in [-0.05, 0) is 46.0 Å². The Bertz CT molecular complexity index is 147. The summed E-state index contributed by atoms with van der Waals surface area (Å²) in [7, 11) is 0. The molecule has 0 unspecified atom stereocenters. The number of ether oxygens (including phenoxy) is 1. The third kappa shape index (κ3) is 3.91. The van der Waals surface area contributed by atoms with Crippen LogP contribution >= 0.6 is 0 Å². The lowest BCUT2D eigenvalue weighted by atomic mass is 9.98. The van der Waals surface area contributed by atoms with Crippen molar-refractivity contribution in [3.05, 3.63) is 11.6 Å². The third-order valence-corrected chi connectivity index (χ3v) is 2.26. The van der Waals surface area contributed by atoms with Crippen LogP contribution < -0.4 is 0 Å². The van der Waals surface area contributed by atoms with Gasteiger partial charge in [-0.1, -0.05) is 11.6 Å². The molecule has 0 aromatic heterocycles. The highest BCUT2D eigenvalue weighted by Gasteiger charge is 2.03. The molecule has 0 saturated carbocycles. The largest absolute Gasteiger partial charge is 0.378 e. The second-order valence-corrected chi connectivity index (χ2v) is 3.78. The summed E-state index contributed by atoms with van der Waals surface area (Å²) in [5.74, 6) is 0. The van der Waals surface area contributed by atoms with Crippen molar-refractivity contribution in [1.82, 2.24) is 0 Å². The van der Waals surface area contributed by atoms with Crippen LogP contribution in [0.1, 0.15) is 46.0 Å². The number of allylic oxidation sites excluding steroid dienone is 1. The van der Waals surface area contributed by atoms with Crippen LogP contribution in [0.25, 0.3) is 0 Å². The van der Waals surface area contributed by atoms with E-state index in [1.54, 1.807) is 5.57 Å². The molecule has 1 aliphatic rings. The van der Waals surface area contributed by atoms with Gasteiger partial charge in [0.1, 0.15) is 0 Å². The first kappa shape index (κ1) is 9.79. The highest BCUT2D eigenvalue weighted by atomic mass is 16.5. The van der Waals surface area contributed by atoms with Crippen molar-refractivity contribution < 1.29 is 4.74 Å². The Morgan fingerprint density at radius 1 is 1.42 bits per heavy atom. The topological polar surface area (TPSA) is 9.23 Å². The van der Waals surface area contributed by atoms with Crippen molar-refractivity contribution in [2.24, 2.45) is 0 Å². The average molecular weight is 168 g/mol. The zero-order valence-electron chi connectivity index (χ0n) is 8.31. The highest BCUT2D eigenvalue weighted by Crippen LogP contribution is 2.19. The molecule has 12 heavy (non-hydrogen) atoms. The van der Waals surface area contributed by atoms with Crippen LogP contribution in [0, 0.1) is 0 Å². The van der Waals surface area contributed by atoms with Crippen molar-refractivity contribution in [3.8, 4) is 0 Å². The van der Waals surface area contributed by atoms with E-state index in [1.165, 1.54) is 25.7 Å². The minimum atomic E-state index is 0.384. The van der Waals surface area contributed by atoms with Crippen LogP contribution in [0.2, 0.25) is 0 Å². The maximum atomic E-state index is 5.50. The van der Waals surface area contributed by atoms with E-state index in [4.69, 9.17) is 4.74 Å². The van der Waals surface area contributed by atoms with Gasteiger partial charge in [-0.25, -0.2) is 0 Å². The molecule has 0 aromatic carbocycles. The van der Waals surface area contributed by atoms with Crippen LogP contribution in [0.3, 0.4) is 0 Å². The second-order valence-electron chi connectivity index (χ2n) is 3.78. The average Bonchev–Trinajstić information content (AvgIpc) is 2.05. The first-order valence-electron chi connectivity index (χ1n) is 5.08. The molecule has 0 radical (unpaired) electrons. The fourth-order valence-electron chi connectivity index (χ4n) is 1.56. The first-order valence-corrected chi connectivity index (χ1v) is 5.08. The molecular formula is C11H20O. The van der Waals surface area contributed by atoms with Gasteiger partial charge < -0.3 is 4.74 Å². The molecule has 0 saturated heterocycles. The summed E-state index contributed by atoms with van der Waals surface area (Å²) in [4.78, 5) is 0. The molecule has 0 aromatic rings. The molecule has 0 aliphatic heterocycles. The van der Waals surface area contributed by atoms with Gasteiger partial charge >= 0.3 is 0 Å². The van der Waals surface area contributed by atoms with E-state index in [9.17, 15) is 0 Å². The van der Waals surface area contributed by atoms with Crippen LogP contribution in [-0.4, -0.2) is 12.7 Å². The third-order valence-electron chi connectivity index (χ3n) is 2.26. The van der Waals surface area contributed by atoms with Crippen LogP contribution in [0.15, 0.2) is 11.6 Å². The van der Waals surface area contributed by atoms with Crippen molar-refractivity contribution in [2.45, 2.75) is 52.1 Å². The van der Waals surface area contributed by atoms with Crippen LogP contribution in [0.4, 0.5) is 0 Å². The van der Waals surface area contributed by atoms with E-state index >= 15 is 0 Å². The molecule has 0 spiro atoms. The van der Waals surface area contributed by atoms with Gasteiger partial charge in [-0.15, -0.1) is 0 Å². The molecule has 0 atom stereocenters. The highest BCUT2D eigenvalue weighted by molar-refractivity contribution is 5.04. The predicted octanol–water partition coefficient (Wildman–Crippen LogP) is 3.30. The van der Waals surface area contributed by atoms with Gasteiger partial charge in [0.05, 0.1) is 12.7 Å². The van der Waals surface area contributed by atoms with E-state index in [-0.39, 0.29) is 0 Å². The fraction of sp³-hybridized carbons (Fsp3) is 0.818. The SMILES string of the molecule is CC(C)OCCC1=CCCCC1. The molecule has 70 valence electrons. The normalized spacial score (nSPS) is 18.1. The summed E-state index contributed by atoms with van der Waals surface area (Å²) in [5.41, 5.74) is 1.61. The standard InChI is InChI=1S/C11H20O/c1-10(2)12-9-8-11-6-4-3-5-7-11/h6,10H,3-5,7-9H2,1-2H3. The Balaban J connectivity index is 2.09. The Morgan fingerprint density at radius 2 is 2.25 bits per heavy atom.